The lowest BCUT2D eigenvalue weighted by Crippen LogP contribution is -2.17. The predicted octanol–water partition coefficient (Wildman–Crippen LogP) is 5.58. The highest BCUT2D eigenvalue weighted by atomic mass is 19.4. The van der Waals surface area contributed by atoms with E-state index in [2.05, 4.69) is 20.1 Å². The second-order valence-electron chi connectivity index (χ2n) is 6.60. The Labute approximate surface area is 184 Å². The number of alkyl halides is 3. The van der Waals surface area contributed by atoms with Crippen molar-refractivity contribution in [3.8, 4) is 28.6 Å². The molecule has 1 heterocycles. The molecule has 0 atom stereocenters. The Bertz CT molecular complexity index is 1240. The van der Waals surface area contributed by atoms with Crippen molar-refractivity contribution in [1.82, 2.24) is 14.8 Å². The first-order chi connectivity index (χ1) is 15.7. The summed E-state index contributed by atoms with van der Waals surface area (Å²) in [4.78, 5) is 16.2. The van der Waals surface area contributed by atoms with Crippen molar-refractivity contribution in [1.29, 1.82) is 0 Å². The normalized spacial score (nSPS) is 11.2. The fraction of sp³-hybridized carbons (Fsp3) is 0.0455. The molecule has 0 spiro atoms. The molecule has 11 heteroatoms. The van der Waals surface area contributed by atoms with E-state index in [1.807, 2.05) is 0 Å². The van der Waals surface area contributed by atoms with Crippen LogP contribution in [0.5, 0.6) is 11.5 Å². The van der Waals surface area contributed by atoms with Crippen molar-refractivity contribution in [3.05, 3.63) is 84.9 Å². The fourth-order valence-electron chi connectivity index (χ4n) is 2.78. The van der Waals surface area contributed by atoms with E-state index in [1.165, 1.54) is 59.5 Å². The number of hydrogen-bond acceptors (Lipinski definition) is 5. The summed E-state index contributed by atoms with van der Waals surface area (Å²) in [7, 11) is 0. The highest BCUT2D eigenvalue weighted by molar-refractivity contribution is 5.86. The van der Waals surface area contributed by atoms with E-state index in [0.717, 1.165) is 0 Å². The number of nitrogens with zero attached hydrogens (tertiary/aromatic N) is 3. The summed E-state index contributed by atoms with van der Waals surface area (Å²) in [6.45, 7) is 0. The van der Waals surface area contributed by atoms with Crippen LogP contribution in [0.3, 0.4) is 0 Å². The van der Waals surface area contributed by atoms with Gasteiger partial charge in [0.2, 0.25) is 0 Å². The molecule has 0 radical (unpaired) electrons. The Balaban J connectivity index is 1.39. The van der Waals surface area contributed by atoms with Gasteiger partial charge in [0.05, 0.1) is 5.69 Å². The number of rotatable bonds is 5. The zero-order valence-corrected chi connectivity index (χ0v) is 16.6. The third kappa shape index (κ3) is 5.85. The van der Waals surface area contributed by atoms with Gasteiger partial charge in [0, 0.05) is 11.3 Å². The monoisotopic (exact) mass is 458 g/mol. The minimum Gasteiger partial charge on any atom is -0.410 e. The van der Waals surface area contributed by atoms with E-state index in [4.69, 9.17) is 4.74 Å². The zero-order valence-electron chi connectivity index (χ0n) is 16.6. The van der Waals surface area contributed by atoms with Gasteiger partial charge in [-0.15, -0.1) is 18.3 Å². The number of benzene rings is 3. The number of aromatic nitrogens is 3. The summed E-state index contributed by atoms with van der Waals surface area (Å²) in [5.41, 5.74) is 1.58. The van der Waals surface area contributed by atoms with Gasteiger partial charge in [0.15, 0.2) is 5.82 Å². The van der Waals surface area contributed by atoms with Crippen molar-refractivity contribution in [2.75, 3.05) is 5.32 Å². The van der Waals surface area contributed by atoms with Crippen molar-refractivity contribution in [2.24, 2.45) is 0 Å². The minimum absolute atomic E-state index is 0.193. The van der Waals surface area contributed by atoms with Gasteiger partial charge < -0.3 is 9.47 Å². The molecule has 0 bridgehead atoms. The average molecular weight is 458 g/mol. The van der Waals surface area contributed by atoms with Crippen LogP contribution in [0.1, 0.15) is 0 Å². The molecule has 0 fully saturated rings. The predicted molar refractivity (Wildman–Crippen MR) is 110 cm³/mol. The molecule has 7 nitrogen and oxygen atoms in total. The van der Waals surface area contributed by atoms with Gasteiger partial charge in [-0.25, -0.2) is 18.9 Å². The second kappa shape index (κ2) is 8.99. The molecular weight excluding hydrogens is 444 g/mol. The van der Waals surface area contributed by atoms with Crippen molar-refractivity contribution >= 4 is 11.8 Å². The fourth-order valence-corrected chi connectivity index (χ4v) is 2.78. The van der Waals surface area contributed by atoms with Crippen LogP contribution in [0.4, 0.5) is 28.0 Å². The van der Waals surface area contributed by atoms with Crippen LogP contribution in [-0.4, -0.2) is 27.2 Å². The molecule has 4 rings (SSSR count). The molecule has 1 N–H and O–H groups in total. The molecule has 0 aliphatic heterocycles. The summed E-state index contributed by atoms with van der Waals surface area (Å²) in [5, 5.41) is 6.85. The first-order valence-electron chi connectivity index (χ1n) is 9.38. The largest absolute Gasteiger partial charge is 0.573 e. The van der Waals surface area contributed by atoms with E-state index in [0.29, 0.717) is 22.8 Å². The van der Waals surface area contributed by atoms with E-state index in [9.17, 15) is 22.4 Å². The van der Waals surface area contributed by atoms with Gasteiger partial charge in [0.1, 0.15) is 23.6 Å². The molecule has 0 aliphatic carbocycles. The smallest absolute Gasteiger partial charge is 0.410 e. The van der Waals surface area contributed by atoms with Gasteiger partial charge in [-0.1, -0.05) is 0 Å². The van der Waals surface area contributed by atoms with Crippen molar-refractivity contribution in [3.63, 3.8) is 0 Å². The molecule has 0 aliphatic rings. The van der Waals surface area contributed by atoms with Gasteiger partial charge in [-0.05, 0) is 72.8 Å². The van der Waals surface area contributed by atoms with Gasteiger partial charge in [-0.3, -0.25) is 5.32 Å². The van der Waals surface area contributed by atoms with E-state index < -0.39 is 18.3 Å². The molecule has 4 aromatic rings. The number of anilines is 1. The van der Waals surface area contributed by atoms with Crippen LogP contribution in [0.25, 0.3) is 17.1 Å². The standard InChI is InChI=1S/C22H14F4N4O3/c23-15-3-9-18(10-4-15)32-21(31)28-16-5-1-14(2-6-16)20-27-13-30(29-20)17-7-11-19(12-8-17)33-22(24,25)26/h1-13H,(H,28,31). The Morgan fingerprint density at radius 2 is 1.52 bits per heavy atom. The number of halogens is 4. The van der Waals surface area contributed by atoms with Crippen LogP contribution < -0.4 is 14.8 Å². The molecular formula is C22H14F4N4O3. The summed E-state index contributed by atoms with van der Waals surface area (Å²) < 4.78 is 60.0. The quantitative estimate of drug-likeness (QED) is 0.395. The van der Waals surface area contributed by atoms with Gasteiger partial charge in [-0.2, -0.15) is 0 Å². The lowest BCUT2D eigenvalue weighted by molar-refractivity contribution is -0.274. The van der Waals surface area contributed by atoms with Crippen LogP contribution >= 0.6 is 0 Å². The maximum absolute atomic E-state index is 12.9. The number of nitrogens with one attached hydrogen (secondary N) is 1. The van der Waals surface area contributed by atoms with Crippen LogP contribution in [0, 0.1) is 5.82 Å². The van der Waals surface area contributed by atoms with E-state index in [-0.39, 0.29) is 11.5 Å². The number of hydrogen-bond donors (Lipinski definition) is 1. The van der Waals surface area contributed by atoms with Crippen LogP contribution in [0.15, 0.2) is 79.1 Å². The summed E-state index contributed by atoms with van der Waals surface area (Å²) >= 11 is 0. The second-order valence-corrected chi connectivity index (χ2v) is 6.60. The summed E-state index contributed by atoms with van der Waals surface area (Å²) in [6, 6.07) is 16.8. The number of carbonyl (C=O) groups excluding carboxylic acids is 1. The molecule has 1 amide bonds. The molecule has 3 aromatic carbocycles. The maximum atomic E-state index is 12.9. The third-order valence-electron chi connectivity index (χ3n) is 4.24. The first-order valence-corrected chi connectivity index (χ1v) is 9.38. The highest BCUT2D eigenvalue weighted by Crippen LogP contribution is 2.24. The van der Waals surface area contributed by atoms with Crippen LogP contribution in [0.2, 0.25) is 0 Å². The Morgan fingerprint density at radius 3 is 2.15 bits per heavy atom. The SMILES string of the molecule is O=C(Nc1ccc(-c2ncn(-c3ccc(OC(F)(F)F)cc3)n2)cc1)Oc1ccc(F)cc1. The molecule has 0 saturated carbocycles. The Hall–Kier alpha value is -4.41. The Morgan fingerprint density at radius 1 is 0.879 bits per heavy atom. The third-order valence-corrected chi connectivity index (χ3v) is 4.24. The van der Waals surface area contributed by atoms with Crippen molar-refractivity contribution in [2.45, 2.75) is 6.36 Å². The Kier molecular flexibility index (Phi) is 5.94. The van der Waals surface area contributed by atoms with E-state index in [1.54, 1.807) is 24.3 Å². The lowest BCUT2D eigenvalue weighted by Gasteiger charge is -2.09. The zero-order chi connectivity index (χ0) is 23.4. The molecule has 33 heavy (non-hydrogen) atoms. The minimum atomic E-state index is -4.76. The van der Waals surface area contributed by atoms with Gasteiger partial charge >= 0.3 is 12.5 Å². The van der Waals surface area contributed by atoms with Gasteiger partial charge in [0.25, 0.3) is 0 Å². The molecule has 1 aromatic heterocycles. The summed E-state index contributed by atoms with van der Waals surface area (Å²) in [5.74, 6) is -0.223. The van der Waals surface area contributed by atoms with E-state index >= 15 is 0 Å². The lowest BCUT2D eigenvalue weighted by atomic mass is 10.2. The number of carbonyl (C=O) groups is 1. The molecule has 0 saturated heterocycles. The molecule has 168 valence electrons. The number of ether oxygens (including phenoxy) is 2. The topological polar surface area (TPSA) is 78.3 Å². The number of amides is 1. The molecule has 0 unspecified atom stereocenters. The average Bonchev–Trinajstić information content (AvgIpc) is 3.25. The highest BCUT2D eigenvalue weighted by Gasteiger charge is 2.31. The maximum Gasteiger partial charge on any atom is 0.573 e. The van der Waals surface area contributed by atoms with Crippen LogP contribution in [-0.2, 0) is 0 Å². The van der Waals surface area contributed by atoms with Crippen molar-refractivity contribution < 1.29 is 31.8 Å². The summed E-state index contributed by atoms with van der Waals surface area (Å²) in [6.07, 6.45) is -4.09. The first kappa shape index (κ1) is 21.8.